The number of aromatic nitrogens is 3. The van der Waals surface area contributed by atoms with Gasteiger partial charge in [0.2, 0.25) is 0 Å². The fourth-order valence-corrected chi connectivity index (χ4v) is 3.35. The number of ether oxygens (including phenoxy) is 1. The summed E-state index contributed by atoms with van der Waals surface area (Å²) in [7, 11) is 0. The lowest BCUT2D eigenvalue weighted by atomic mass is 10.2. The molecule has 1 aliphatic rings. The molecule has 0 saturated carbocycles. The molecule has 1 saturated heterocycles. The molecule has 0 spiro atoms. The summed E-state index contributed by atoms with van der Waals surface area (Å²) in [6, 6.07) is 12.0. The molecule has 4 rings (SSSR count). The van der Waals surface area contributed by atoms with Crippen molar-refractivity contribution in [3.8, 4) is 17.0 Å². The van der Waals surface area contributed by atoms with Crippen molar-refractivity contribution in [2.75, 3.05) is 37.7 Å². The van der Waals surface area contributed by atoms with E-state index in [0.29, 0.717) is 26.2 Å². The lowest BCUT2D eigenvalue weighted by Crippen LogP contribution is -2.50. The third-order valence-corrected chi connectivity index (χ3v) is 5.11. The first-order valence-corrected chi connectivity index (χ1v) is 9.97. The quantitative estimate of drug-likeness (QED) is 0.603. The van der Waals surface area contributed by atoms with Gasteiger partial charge >= 0.3 is 6.18 Å². The van der Waals surface area contributed by atoms with Gasteiger partial charge in [-0.15, -0.1) is 10.2 Å². The Labute approximate surface area is 182 Å². The molecular formula is C22H20F3N5O2. The lowest BCUT2D eigenvalue weighted by Gasteiger charge is -2.35. The number of halogens is 3. The standard InChI is InChI=1S/C22H20F3N5O2/c23-22(24,25)17-2-1-3-18(14-17)32-15-21(31)30-12-10-29(11-13-30)20-5-4-19(27-28-20)16-6-8-26-9-7-16/h1-9,14H,10-13,15H2. The van der Waals surface area contributed by atoms with Crippen molar-refractivity contribution in [3.05, 3.63) is 66.5 Å². The SMILES string of the molecule is O=C(COc1cccc(C(F)(F)F)c1)N1CCN(c2ccc(-c3ccncc3)nn2)CC1. The molecule has 3 heterocycles. The van der Waals surface area contributed by atoms with Crippen molar-refractivity contribution in [2.45, 2.75) is 6.18 Å². The molecule has 7 nitrogen and oxygen atoms in total. The van der Waals surface area contributed by atoms with Crippen molar-refractivity contribution in [1.29, 1.82) is 0 Å². The van der Waals surface area contributed by atoms with Crippen molar-refractivity contribution >= 4 is 11.7 Å². The minimum Gasteiger partial charge on any atom is -0.484 e. The number of hydrogen-bond acceptors (Lipinski definition) is 6. The maximum absolute atomic E-state index is 12.8. The predicted octanol–water partition coefficient (Wildman–Crippen LogP) is 3.29. The summed E-state index contributed by atoms with van der Waals surface area (Å²) >= 11 is 0. The molecule has 1 fully saturated rings. The van der Waals surface area contributed by atoms with Crippen molar-refractivity contribution in [3.63, 3.8) is 0 Å². The molecule has 1 aromatic carbocycles. The minimum absolute atomic E-state index is 0.0105. The number of nitrogens with zero attached hydrogens (tertiary/aromatic N) is 5. The van der Waals surface area contributed by atoms with Gasteiger partial charge in [-0.2, -0.15) is 13.2 Å². The maximum atomic E-state index is 12.8. The molecule has 0 N–H and O–H groups in total. The molecule has 0 unspecified atom stereocenters. The fraction of sp³-hybridized carbons (Fsp3) is 0.273. The van der Waals surface area contributed by atoms with Gasteiger partial charge in [0.15, 0.2) is 12.4 Å². The Balaban J connectivity index is 1.28. The molecule has 166 valence electrons. The molecule has 32 heavy (non-hydrogen) atoms. The van der Waals surface area contributed by atoms with Gasteiger partial charge in [0, 0.05) is 44.1 Å². The van der Waals surface area contributed by atoms with Gasteiger partial charge in [0.05, 0.1) is 11.3 Å². The highest BCUT2D eigenvalue weighted by atomic mass is 19.4. The first-order valence-electron chi connectivity index (χ1n) is 9.97. The van der Waals surface area contributed by atoms with E-state index in [1.54, 1.807) is 17.3 Å². The van der Waals surface area contributed by atoms with Crippen LogP contribution >= 0.6 is 0 Å². The lowest BCUT2D eigenvalue weighted by molar-refractivity contribution is -0.137. The van der Waals surface area contributed by atoms with E-state index in [1.165, 1.54) is 12.1 Å². The highest BCUT2D eigenvalue weighted by molar-refractivity contribution is 5.78. The summed E-state index contributed by atoms with van der Waals surface area (Å²) < 4.78 is 43.7. The number of anilines is 1. The van der Waals surface area contributed by atoms with Gasteiger partial charge < -0.3 is 14.5 Å². The van der Waals surface area contributed by atoms with E-state index in [1.807, 2.05) is 29.2 Å². The Bertz CT molecular complexity index is 1050. The minimum atomic E-state index is -4.46. The summed E-state index contributed by atoms with van der Waals surface area (Å²) in [6.45, 7) is 1.73. The van der Waals surface area contributed by atoms with Gasteiger partial charge in [-0.25, -0.2) is 0 Å². The number of hydrogen-bond donors (Lipinski definition) is 0. The molecule has 3 aromatic rings. The zero-order chi connectivity index (χ0) is 22.6. The second-order valence-electron chi connectivity index (χ2n) is 7.19. The monoisotopic (exact) mass is 443 g/mol. The molecular weight excluding hydrogens is 423 g/mol. The molecule has 0 bridgehead atoms. The molecule has 0 atom stereocenters. The van der Waals surface area contributed by atoms with Crippen LogP contribution in [0.25, 0.3) is 11.3 Å². The van der Waals surface area contributed by atoms with E-state index in [0.717, 1.165) is 29.2 Å². The molecule has 10 heteroatoms. The van der Waals surface area contributed by atoms with E-state index in [9.17, 15) is 18.0 Å². The maximum Gasteiger partial charge on any atom is 0.416 e. The number of amides is 1. The highest BCUT2D eigenvalue weighted by Gasteiger charge is 2.30. The third-order valence-electron chi connectivity index (χ3n) is 5.11. The van der Waals surface area contributed by atoms with Crippen LogP contribution in [0, 0.1) is 0 Å². The summed E-state index contributed by atoms with van der Waals surface area (Å²) in [4.78, 5) is 20.1. The predicted molar refractivity (Wildman–Crippen MR) is 111 cm³/mol. The average molecular weight is 443 g/mol. The van der Waals surface area contributed by atoms with Gasteiger partial charge in [-0.05, 0) is 42.5 Å². The second kappa shape index (κ2) is 9.21. The summed E-state index contributed by atoms with van der Waals surface area (Å²) in [5, 5.41) is 8.55. The number of benzene rings is 1. The van der Waals surface area contributed by atoms with Crippen LogP contribution in [0.15, 0.2) is 60.9 Å². The number of pyridine rings is 1. The zero-order valence-corrected chi connectivity index (χ0v) is 17.0. The first kappa shape index (κ1) is 21.5. The summed E-state index contributed by atoms with van der Waals surface area (Å²) in [6.07, 6.45) is -1.07. The number of carbonyl (C=O) groups excluding carboxylic acids is 1. The van der Waals surface area contributed by atoms with Crippen LogP contribution in [0.2, 0.25) is 0 Å². The van der Waals surface area contributed by atoms with Gasteiger partial charge in [0.1, 0.15) is 5.75 Å². The van der Waals surface area contributed by atoms with Crippen molar-refractivity contribution in [1.82, 2.24) is 20.1 Å². The smallest absolute Gasteiger partial charge is 0.416 e. The van der Waals surface area contributed by atoms with E-state index >= 15 is 0 Å². The molecule has 0 aliphatic carbocycles. The largest absolute Gasteiger partial charge is 0.484 e. The fourth-order valence-electron chi connectivity index (χ4n) is 3.35. The molecule has 1 aliphatic heterocycles. The molecule has 2 aromatic heterocycles. The topological polar surface area (TPSA) is 71.5 Å². The molecule has 0 radical (unpaired) electrons. The van der Waals surface area contributed by atoms with Gasteiger partial charge in [-0.3, -0.25) is 9.78 Å². The van der Waals surface area contributed by atoms with Crippen LogP contribution in [0.3, 0.4) is 0 Å². The highest BCUT2D eigenvalue weighted by Crippen LogP contribution is 2.31. The average Bonchev–Trinajstić information content (AvgIpc) is 2.83. The Kier molecular flexibility index (Phi) is 6.20. The zero-order valence-electron chi connectivity index (χ0n) is 17.0. The van der Waals surface area contributed by atoms with Crippen LogP contribution in [-0.2, 0) is 11.0 Å². The number of alkyl halides is 3. The summed E-state index contributed by atoms with van der Waals surface area (Å²) in [5.41, 5.74) is 0.860. The Morgan fingerprint density at radius 1 is 0.969 bits per heavy atom. The van der Waals surface area contributed by atoms with E-state index in [4.69, 9.17) is 4.74 Å². The molecule has 1 amide bonds. The van der Waals surface area contributed by atoms with Crippen LogP contribution < -0.4 is 9.64 Å². The van der Waals surface area contributed by atoms with Crippen molar-refractivity contribution < 1.29 is 22.7 Å². The third kappa shape index (κ3) is 5.13. The van der Waals surface area contributed by atoms with E-state index in [-0.39, 0.29) is 18.3 Å². The van der Waals surface area contributed by atoms with Crippen LogP contribution in [0.1, 0.15) is 5.56 Å². The van der Waals surface area contributed by atoms with Crippen LogP contribution in [-0.4, -0.2) is 58.8 Å². The normalized spacial score (nSPS) is 14.3. The van der Waals surface area contributed by atoms with Crippen LogP contribution in [0.4, 0.5) is 19.0 Å². The summed E-state index contributed by atoms with van der Waals surface area (Å²) in [5.74, 6) is 0.452. The van der Waals surface area contributed by atoms with Crippen LogP contribution in [0.5, 0.6) is 5.75 Å². The Morgan fingerprint density at radius 3 is 2.38 bits per heavy atom. The van der Waals surface area contributed by atoms with E-state index in [2.05, 4.69) is 15.2 Å². The Hall–Kier alpha value is -3.69. The number of rotatable bonds is 5. The first-order chi connectivity index (χ1) is 15.4. The van der Waals surface area contributed by atoms with Gasteiger partial charge in [-0.1, -0.05) is 6.07 Å². The second-order valence-corrected chi connectivity index (χ2v) is 7.19. The number of piperazine rings is 1. The Morgan fingerprint density at radius 2 is 1.72 bits per heavy atom. The number of carbonyl (C=O) groups is 1. The van der Waals surface area contributed by atoms with Gasteiger partial charge in [0.25, 0.3) is 5.91 Å². The van der Waals surface area contributed by atoms with Crippen molar-refractivity contribution in [2.24, 2.45) is 0 Å². The van der Waals surface area contributed by atoms with E-state index < -0.39 is 11.7 Å².